The fraction of sp³-hybridized carbons (Fsp3) is 0.923. The first kappa shape index (κ1) is 11.3. The van der Waals surface area contributed by atoms with Gasteiger partial charge in [-0.05, 0) is 85.8 Å². The summed E-state index contributed by atoms with van der Waals surface area (Å²) < 4.78 is 5.49. The van der Waals surface area contributed by atoms with Gasteiger partial charge < -0.3 is 4.74 Å². The summed E-state index contributed by atoms with van der Waals surface area (Å²) >= 11 is 2.17. The molecule has 0 aromatic carbocycles. The number of hydrogen-bond acceptors (Lipinski definition) is 2. The molecule has 1 atom stereocenters. The van der Waals surface area contributed by atoms with Gasteiger partial charge in [0, 0.05) is 0 Å². The van der Waals surface area contributed by atoms with E-state index < -0.39 is 0 Å². The van der Waals surface area contributed by atoms with E-state index in [4.69, 9.17) is 4.74 Å². The molecule has 0 aromatic rings. The van der Waals surface area contributed by atoms with Crippen LogP contribution in [0.25, 0.3) is 0 Å². The van der Waals surface area contributed by atoms with Crippen molar-refractivity contribution in [1.29, 1.82) is 0 Å². The minimum atomic E-state index is -0.0752. The highest BCUT2D eigenvalue weighted by Gasteiger charge is 2.55. The summed E-state index contributed by atoms with van der Waals surface area (Å²) in [5, 5.41) is 0. The standard InChI is InChI=1S/C13H19IO2/c1-8(14)16-12(15)13-5-9-2-10(6-13)4-11(3-9)7-13/h8-11H,2-7H2,1H3. The van der Waals surface area contributed by atoms with E-state index in [9.17, 15) is 4.79 Å². The maximum Gasteiger partial charge on any atom is 0.313 e. The van der Waals surface area contributed by atoms with Gasteiger partial charge in [0.2, 0.25) is 0 Å². The van der Waals surface area contributed by atoms with Crippen LogP contribution in [0.1, 0.15) is 45.4 Å². The van der Waals surface area contributed by atoms with Crippen LogP contribution in [0.15, 0.2) is 0 Å². The van der Waals surface area contributed by atoms with E-state index in [2.05, 4.69) is 22.6 Å². The molecule has 0 aromatic heterocycles. The van der Waals surface area contributed by atoms with E-state index in [1.54, 1.807) is 0 Å². The maximum absolute atomic E-state index is 12.3. The molecule has 1 unspecified atom stereocenters. The Kier molecular flexibility index (Phi) is 2.72. The number of carbonyl (C=O) groups excluding carboxylic acids is 1. The molecule has 3 heteroatoms. The Morgan fingerprint density at radius 3 is 2.00 bits per heavy atom. The Bertz CT molecular complexity index is 276. The van der Waals surface area contributed by atoms with Gasteiger partial charge in [0.15, 0.2) is 0 Å². The molecule has 0 amide bonds. The number of ether oxygens (including phenoxy) is 1. The van der Waals surface area contributed by atoms with Crippen molar-refractivity contribution < 1.29 is 9.53 Å². The Morgan fingerprint density at radius 1 is 1.19 bits per heavy atom. The van der Waals surface area contributed by atoms with Crippen LogP contribution >= 0.6 is 22.6 Å². The van der Waals surface area contributed by atoms with Gasteiger partial charge in [-0.3, -0.25) is 4.79 Å². The summed E-state index contributed by atoms with van der Waals surface area (Å²) in [4.78, 5) is 12.3. The van der Waals surface area contributed by atoms with Crippen LogP contribution in [0.2, 0.25) is 0 Å². The monoisotopic (exact) mass is 334 g/mol. The second-order valence-corrected chi connectivity index (χ2v) is 7.90. The predicted molar refractivity (Wildman–Crippen MR) is 70.2 cm³/mol. The van der Waals surface area contributed by atoms with Crippen molar-refractivity contribution >= 4 is 28.6 Å². The summed E-state index contributed by atoms with van der Waals surface area (Å²) in [6.07, 6.45) is 7.48. The zero-order chi connectivity index (χ0) is 11.3. The van der Waals surface area contributed by atoms with E-state index in [-0.39, 0.29) is 15.5 Å². The second-order valence-electron chi connectivity index (χ2n) is 6.15. The summed E-state index contributed by atoms with van der Waals surface area (Å²) in [7, 11) is 0. The molecule has 4 saturated carbocycles. The van der Waals surface area contributed by atoms with E-state index in [0.29, 0.717) is 0 Å². The molecule has 0 N–H and O–H groups in total. The summed E-state index contributed by atoms with van der Waals surface area (Å²) in [6.45, 7) is 1.94. The van der Waals surface area contributed by atoms with Gasteiger partial charge in [0.1, 0.15) is 4.11 Å². The smallest absolute Gasteiger partial charge is 0.313 e. The molecule has 0 radical (unpaired) electrons. The average Bonchev–Trinajstić information content (AvgIpc) is 2.13. The normalized spacial score (nSPS) is 46.8. The average molecular weight is 334 g/mol. The van der Waals surface area contributed by atoms with Crippen molar-refractivity contribution in [3.05, 3.63) is 0 Å². The van der Waals surface area contributed by atoms with Crippen LogP contribution < -0.4 is 0 Å². The van der Waals surface area contributed by atoms with Crippen LogP contribution in [-0.4, -0.2) is 10.1 Å². The van der Waals surface area contributed by atoms with Gasteiger partial charge in [-0.25, -0.2) is 0 Å². The summed E-state index contributed by atoms with van der Waals surface area (Å²) in [5.74, 6) is 2.57. The van der Waals surface area contributed by atoms with Crippen molar-refractivity contribution in [1.82, 2.24) is 0 Å². The third-order valence-corrected chi connectivity index (χ3v) is 4.99. The van der Waals surface area contributed by atoms with Crippen molar-refractivity contribution in [2.24, 2.45) is 23.2 Å². The Labute approximate surface area is 111 Å². The topological polar surface area (TPSA) is 26.3 Å². The molecule has 0 heterocycles. The van der Waals surface area contributed by atoms with Gasteiger partial charge in [-0.15, -0.1) is 0 Å². The van der Waals surface area contributed by atoms with Crippen LogP contribution in [0.5, 0.6) is 0 Å². The van der Waals surface area contributed by atoms with Crippen molar-refractivity contribution in [3.8, 4) is 0 Å². The van der Waals surface area contributed by atoms with Gasteiger partial charge in [0.05, 0.1) is 5.41 Å². The third kappa shape index (κ3) is 1.79. The molecule has 2 nitrogen and oxygen atoms in total. The fourth-order valence-electron chi connectivity index (χ4n) is 4.63. The number of rotatable bonds is 2. The first-order chi connectivity index (χ1) is 7.57. The van der Waals surface area contributed by atoms with E-state index in [1.807, 2.05) is 6.92 Å². The highest BCUT2D eigenvalue weighted by atomic mass is 127. The van der Waals surface area contributed by atoms with Crippen LogP contribution in [0.3, 0.4) is 0 Å². The lowest BCUT2D eigenvalue weighted by Crippen LogP contribution is -2.50. The zero-order valence-corrected chi connectivity index (χ0v) is 11.9. The molecule has 0 spiro atoms. The summed E-state index contributed by atoms with van der Waals surface area (Å²) in [5.41, 5.74) is -0.0752. The van der Waals surface area contributed by atoms with E-state index >= 15 is 0 Å². The number of alkyl halides is 1. The maximum atomic E-state index is 12.3. The zero-order valence-electron chi connectivity index (χ0n) is 9.75. The first-order valence-electron chi connectivity index (χ1n) is 6.42. The lowest BCUT2D eigenvalue weighted by Gasteiger charge is -2.55. The molecule has 16 heavy (non-hydrogen) atoms. The van der Waals surface area contributed by atoms with E-state index in [0.717, 1.165) is 37.0 Å². The van der Waals surface area contributed by atoms with Gasteiger partial charge >= 0.3 is 5.97 Å². The molecule has 4 fully saturated rings. The molecule has 0 aliphatic heterocycles. The number of esters is 1. The highest BCUT2D eigenvalue weighted by Crippen LogP contribution is 2.60. The number of hydrogen-bond donors (Lipinski definition) is 0. The molecule has 4 aliphatic carbocycles. The second kappa shape index (κ2) is 3.85. The quantitative estimate of drug-likeness (QED) is 0.439. The van der Waals surface area contributed by atoms with Gasteiger partial charge in [0.25, 0.3) is 0 Å². The van der Waals surface area contributed by atoms with Crippen LogP contribution in [-0.2, 0) is 9.53 Å². The van der Waals surface area contributed by atoms with Gasteiger partial charge in [-0.1, -0.05) is 0 Å². The molecule has 4 aliphatic rings. The fourth-order valence-corrected chi connectivity index (χ4v) is 4.86. The Balaban J connectivity index is 1.80. The van der Waals surface area contributed by atoms with Crippen LogP contribution in [0.4, 0.5) is 0 Å². The number of halogens is 1. The van der Waals surface area contributed by atoms with Crippen molar-refractivity contribution in [3.63, 3.8) is 0 Å². The minimum Gasteiger partial charge on any atom is -0.452 e. The number of carbonyl (C=O) groups is 1. The molecule has 0 saturated heterocycles. The molecule has 4 rings (SSSR count). The summed E-state index contributed by atoms with van der Waals surface area (Å²) in [6, 6.07) is 0. The molecule has 90 valence electrons. The molecule has 4 bridgehead atoms. The largest absolute Gasteiger partial charge is 0.452 e. The van der Waals surface area contributed by atoms with Crippen molar-refractivity contribution in [2.45, 2.75) is 49.6 Å². The third-order valence-electron chi connectivity index (χ3n) is 4.74. The van der Waals surface area contributed by atoms with Gasteiger partial charge in [-0.2, -0.15) is 0 Å². The molecular formula is C13H19IO2. The highest BCUT2D eigenvalue weighted by molar-refractivity contribution is 14.1. The SMILES string of the molecule is CC(I)OC(=O)C12CC3CC(CC(C3)C1)C2. The van der Waals surface area contributed by atoms with Crippen LogP contribution in [0, 0.1) is 23.2 Å². The molecular weight excluding hydrogens is 315 g/mol. The minimum absolute atomic E-state index is 0.0121. The Morgan fingerprint density at radius 2 is 1.62 bits per heavy atom. The first-order valence-corrected chi connectivity index (χ1v) is 7.67. The lowest BCUT2D eigenvalue weighted by atomic mass is 9.49. The van der Waals surface area contributed by atoms with E-state index in [1.165, 1.54) is 19.3 Å². The Hall–Kier alpha value is 0.200. The predicted octanol–water partition coefficient (Wildman–Crippen LogP) is 3.53. The van der Waals surface area contributed by atoms with Crippen molar-refractivity contribution in [2.75, 3.05) is 0 Å². The lowest BCUT2D eigenvalue weighted by molar-refractivity contribution is -0.171.